The minimum Gasteiger partial charge on any atom is -0.341 e. The third-order valence-corrected chi connectivity index (χ3v) is 4.48. The van der Waals surface area contributed by atoms with Crippen LogP contribution < -0.4 is 11.3 Å². The van der Waals surface area contributed by atoms with Crippen LogP contribution in [0, 0.1) is 13.8 Å². The predicted molar refractivity (Wildman–Crippen MR) is 83.7 cm³/mol. The number of amides is 1. The topological polar surface area (TPSA) is 97.0 Å². The number of pyridine rings is 1. The molecule has 2 aromatic heterocycles. The Labute approximate surface area is 128 Å². The van der Waals surface area contributed by atoms with Crippen LogP contribution in [0.1, 0.15) is 23.2 Å². The van der Waals surface area contributed by atoms with Crippen LogP contribution in [0.25, 0.3) is 11.0 Å². The molecule has 3 rings (SSSR count). The highest BCUT2D eigenvalue weighted by molar-refractivity contribution is 5.84. The number of hydrogen-bond donors (Lipinski definition) is 2. The predicted octanol–water partition coefficient (Wildman–Crippen LogP) is -0.0195. The molecule has 1 aliphatic heterocycles. The maximum atomic E-state index is 12.4. The van der Waals surface area contributed by atoms with E-state index in [4.69, 9.17) is 5.73 Å². The number of hydrogen-bond acceptors (Lipinski definition) is 4. The second-order valence-corrected chi connectivity index (χ2v) is 6.06. The molecule has 0 unspecified atom stereocenters. The van der Waals surface area contributed by atoms with Crippen molar-refractivity contribution in [1.82, 2.24) is 19.7 Å². The first-order chi connectivity index (χ1) is 10.4. The molecule has 3 N–H and O–H groups in total. The summed E-state index contributed by atoms with van der Waals surface area (Å²) >= 11 is 0. The van der Waals surface area contributed by atoms with Gasteiger partial charge in [0.15, 0.2) is 5.65 Å². The molecule has 1 atom stereocenters. The number of carbonyl (C=O) groups is 1. The summed E-state index contributed by atoms with van der Waals surface area (Å²) in [4.78, 5) is 30.8. The molecule has 3 heterocycles. The molecule has 0 aromatic carbocycles. The molecular weight excluding hydrogens is 282 g/mol. The number of carbonyl (C=O) groups excluding carboxylic acids is 1. The van der Waals surface area contributed by atoms with E-state index < -0.39 is 0 Å². The van der Waals surface area contributed by atoms with Crippen LogP contribution in [0.4, 0.5) is 0 Å². The summed E-state index contributed by atoms with van der Waals surface area (Å²) in [7, 11) is 1.76. The number of H-pyrrole nitrogens is 1. The molecule has 22 heavy (non-hydrogen) atoms. The van der Waals surface area contributed by atoms with Crippen LogP contribution in [0.3, 0.4) is 0 Å². The third-order valence-electron chi connectivity index (χ3n) is 4.48. The van der Waals surface area contributed by atoms with Gasteiger partial charge < -0.3 is 10.6 Å². The average molecular weight is 303 g/mol. The van der Waals surface area contributed by atoms with Gasteiger partial charge in [0, 0.05) is 31.9 Å². The fourth-order valence-electron chi connectivity index (χ4n) is 3.19. The Bertz CT molecular complexity index is 804. The Morgan fingerprint density at radius 3 is 2.82 bits per heavy atom. The molecule has 1 fully saturated rings. The van der Waals surface area contributed by atoms with E-state index in [0.29, 0.717) is 24.1 Å². The molecule has 1 saturated heterocycles. The lowest BCUT2D eigenvalue weighted by atomic mass is 10.0. The van der Waals surface area contributed by atoms with Gasteiger partial charge in [0.1, 0.15) is 0 Å². The smallest absolute Gasteiger partial charge is 0.273 e. The van der Waals surface area contributed by atoms with Crippen LogP contribution in [-0.4, -0.2) is 44.7 Å². The van der Waals surface area contributed by atoms with Crippen LogP contribution in [-0.2, 0) is 18.3 Å². The second kappa shape index (κ2) is 5.24. The monoisotopic (exact) mass is 303 g/mol. The summed E-state index contributed by atoms with van der Waals surface area (Å²) < 4.78 is 1.61. The highest BCUT2D eigenvalue weighted by Crippen LogP contribution is 2.21. The summed E-state index contributed by atoms with van der Waals surface area (Å²) in [6.07, 6.45) is 1.11. The SMILES string of the molecule is Cc1nc2c(c(C)c1CC(=O)N1CC[C@@H](N)C1)c(=O)[nH]n2C. The van der Waals surface area contributed by atoms with Crippen molar-refractivity contribution in [2.45, 2.75) is 32.7 Å². The highest BCUT2D eigenvalue weighted by atomic mass is 16.2. The normalized spacial score (nSPS) is 18.4. The van der Waals surface area contributed by atoms with Crippen LogP contribution in [0.15, 0.2) is 4.79 Å². The van der Waals surface area contributed by atoms with Crippen molar-refractivity contribution in [3.05, 3.63) is 27.2 Å². The minimum absolute atomic E-state index is 0.0488. The first-order valence-electron chi connectivity index (χ1n) is 7.46. The van der Waals surface area contributed by atoms with Crippen LogP contribution >= 0.6 is 0 Å². The number of nitrogens with zero attached hydrogens (tertiary/aromatic N) is 3. The second-order valence-electron chi connectivity index (χ2n) is 6.06. The molecule has 0 spiro atoms. The molecule has 0 radical (unpaired) electrons. The van der Waals surface area contributed by atoms with E-state index in [2.05, 4.69) is 10.1 Å². The van der Waals surface area contributed by atoms with E-state index in [9.17, 15) is 9.59 Å². The molecule has 7 nitrogen and oxygen atoms in total. The first-order valence-corrected chi connectivity index (χ1v) is 7.46. The van der Waals surface area contributed by atoms with Gasteiger partial charge in [-0.25, -0.2) is 4.98 Å². The molecule has 1 amide bonds. The Balaban J connectivity index is 1.99. The van der Waals surface area contributed by atoms with Crippen molar-refractivity contribution in [2.24, 2.45) is 12.8 Å². The van der Waals surface area contributed by atoms with Gasteiger partial charge in [0.05, 0.1) is 11.8 Å². The van der Waals surface area contributed by atoms with E-state index in [1.807, 2.05) is 13.8 Å². The number of fused-ring (bicyclic) bond motifs is 1. The lowest BCUT2D eigenvalue weighted by molar-refractivity contribution is -0.129. The summed E-state index contributed by atoms with van der Waals surface area (Å²) in [5.41, 5.74) is 8.78. The van der Waals surface area contributed by atoms with Crippen LogP contribution in [0.2, 0.25) is 0 Å². The standard InChI is InChI=1S/C15H21N5O2/c1-8-11(6-12(21)20-5-4-10(16)7-20)9(2)17-14-13(8)15(22)18-19(14)3/h10H,4-7,16H2,1-3H3,(H,18,22)/t10-/m1/s1. The van der Waals surface area contributed by atoms with Crippen molar-refractivity contribution >= 4 is 16.9 Å². The molecule has 0 bridgehead atoms. The molecular formula is C15H21N5O2. The molecule has 2 aromatic rings. The lowest BCUT2D eigenvalue weighted by Crippen LogP contribution is -2.33. The quantitative estimate of drug-likeness (QED) is 0.815. The summed E-state index contributed by atoms with van der Waals surface area (Å²) in [5, 5.41) is 3.28. The van der Waals surface area contributed by atoms with Crippen molar-refractivity contribution in [1.29, 1.82) is 0 Å². The molecule has 1 aliphatic rings. The zero-order valence-electron chi connectivity index (χ0n) is 13.1. The van der Waals surface area contributed by atoms with Gasteiger partial charge in [-0.15, -0.1) is 0 Å². The van der Waals surface area contributed by atoms with Gasteiger partial charge in [0.2, 0.25) is 5.91 Å². The summed E-state index contributed by atoms with van der Waals surface area (Å²) in [6, 6.07) is 0.0729. The number of aromatic nitrogens is 3. The van der Waals surface area contributed by atoms with E-state index in [1.165, 1.54) is 0 Å². The van der Waals surface area contributed by atoms with E-state index >= 15 is 0 Å². The Kier molecular flexibility index (Phi) is 3.52. The maximum Gasteiger partial charge on any atom is 0.273 e. The van der Waals surface area contributed by atoms with Gasteiger partial charge in [0.25, 0.3) is 5.56 Å². The fourth-order valence-corrected chi connectivity index (χ4v) is 3.19. The largest absolute Gasteiger partial charge is 0.341 e. The Hall–Kier alpha value is -2.15. The summed E-state index contributed by atoms with van der Waals surface area (Å²) in [6.45, 7) is 5.07. The molecule has 118 valence electrons. The minimum atomic E-state index is -0.167. The fraction of sp³-hybridized carbons (Fsp3) is 0.533. The van der Waals surface area contributed by atoms with Crippen LogP contribution in [0.5, 0.6) is 0 Å². The van der Waals surface area contributed by atoms with Gasteiger partial charge in [-0.1, -0.05) is 0 Å². The number of rotatable bonds is 2. The molecule has 7 heteroatoms. The third kappa shape index (κ3) is 2.31. The van der Waals surface area contributed by atoms with Gasteiger partial charge in [-0.3, -0.25) is 19.4 Å². The average Bonchev–Trinajstić information content (AvgIpc) is 2.99. The number of likely N-dealkylation sites (tertiary alicyclic amines) is 1. The highest BCUT2D eigenvalue weighted by Gasteiger charge is 2.25. The number of aromatic amines is 1. The van der Waals surface area contributed by atoms with Gasteiger partial charge in [-0.2, -0.15) is 0 Å². The molecule has 0 aliphatic carbocycles. The van der Waals surface area contributed by atoms with Crippen molar-refractivity contribution in [2.75, 3.05) is 13.1 Å². The Morgan fingerprint density at radius 2 is 2.18 bits per heavy atom. The maximum absolute atomic E-state index is 12.4. The zero-order chi connectivity index (χ0) is 16.0. The number of nitrogens with two attached hydrogens (primary N) is 1. The summed E-state index contributed by atoms with van der Waals surface area (Å²) in [5.74, 6) is 0.0488. The molecule has 0 saturated carbocycles. The van der Waals surface area contributed by atoms with E-state index in [-0.39, 0.29) is 23.9 Å². The van der Waals surface area contributed by atoms with Crippen molar-refractivity contribution < 1.29 is 4.79 Å². The van der Waals surface area contributed by atoms with Gasteiger partial charge in [-0.05, 0) is 31.4 Å². The van der Waals surface area contributed by atoms with E-state index in [0.717, 1.165) is 23.2 Å². The number of aryl methyl sites for hydroxylation is 3. The lowest BCUT2D eigenvalue weighted by Gasteiger charge is -2.17. The van der Waals surface area contributed by atoms with Crippen molar-refractivity contribution in [3.8, 4) is 0 Å². The number of nitrogens with one attached hydrogen (secondary N) is 1. The first kappa shape index (κ1) is 14.8. The Morgan fingerprint density at radius 1 is 1.45 bits per heavy atom. The van der Waals surface area contributed by atoms with Crippen molar-refractivity contribution in [3.63, 3.8) is 0 Å². The van der Waals surface area contributed by atoms with Gasteiger partial charge >= 0.3 is 0 Å². The zero-order valence-corrected chi connectivity index (χ0v) is 13.1. The van der Waals surface area contributed by atoms with E-state index in [1.54, 1.807) is 16.6 Å².